The molecule has 0 radical (unpaired) electrons. The zero-order valence-corrected chi connectivity index (χ0v) is 17.0. The Morgan fingerprint density at radius 2 is 1.76 bits per heavy atom. The Morgan fingerprint density at radius 3 is 2.55 bits per heavy atom. The van der Waals surface area contributed by atoms with Crippen LogP contribution in [0, 0.1) is 5.92 Å². The third-order valence-corrected chi connectivity index (χ3v) is 6.95. The third-order valence-electron chi connectivity index (χ3n) is 6.95. The minimum Gasteiger partial charge on any atom is -0.486 e. The molecule has 0 spiro atoms. The summed E-state index contributed by atoms with van der Waals surface area (Å²) in [5.74, 6) is 0.715. The summed E-state index contributed by atoms with van der Waals surface area (Å²) in [4.78, 5) is 32.6. The number of hydrogen-bond donors (Lipinski definition) is 0. The van der Waals surface area contributed by atoms with Gasteiger partial charge in [0.1, 0.15) is 19.1 Å². The van der Waals surface area contributed by atoms with Gasteiger partial charge in [-0.25, -0.2) is 0 Å². The molecule has 3 unspecified atom stereocenters. The highest BCUT2D eigenvalue weighted by Gasteiger charge is 2.45. The average molecular weight is 399 g/mol. The number of hydrogen-bond acceptors (Lipinski definition) is 5. The molecule has 3 saturated heterocycles. The molecule has 7 heteroatoms. The lowest BCUT2D eigenvalue weighted by Gasteiger charge is -2.31. The summed E-state index contributed by atoms with van der Waals surface area (Å²) in [5.41, 5.74) is 0.777. The maximum absolute atomic E-state index is 13.3. The van der Waals surface area contributed by atoms with Crippen molar-refractivity contribution in [2.75, 3.05) is 44.3 Å². The van der Waals surface area contributed by atoms with Crippen LogP contribution in [0.2, 0.25) is 0 Å². The molecule has 4 heterocycles. The summed E-state index contributed by atoms with van der Waals surface area (Å²) >= 11 is 0. The number of ether oxygens (including phenoxy) is 2. The van der Waals surface area contributed by atoms with Crippen LogP contribution in [0.15, 0.2) is 18.2 Å². The Hall–Kier alpha value is -2.28. The first-order valence-corrected chi connectivity index (χ1v) is 10.9. The van der Waals surface area contributed by atoms with E-state index in [1.807, 2.05) is 23.1 Å². The van der Waals surface area contributed by atoms with Crippen molar-refractivity contribution in [3.8, 4) is 11.5 Å². The maximum Gasteiger partial charge on any atom is 0.239 e. The van der Waals surface area contributed by atoms with Gasteiger partial charge in [-0.1, -0.05) is 0 Å². The van der Waals surface area contributed by atoms with Gasteiger partial charge >= 0.3 is 0 Å². The molecule has 4 aliphatic heterocycles. The lowest BCUT2D eigenvalue weighted by Crippen LogP contribution is -2.47. The van der Waals surface area contributed by atoms with E-state index in [9.17, 15) is 9.59 Å². The topological polar surface area (TPSA) is 62.3 Å². The second-order valence-corrected chi connectivity index (χ2v) is 8.53. The molecule has 3 fully saturated rings. The van der Waals surface area contributed by atoms with E-state index in [-0.39, 0.29) is 17.9 Å². The van der Waals surface area contributed by atoms with Gasteiger partial charge in [0.25, 0.3) is 0 Å². The highest BCUT2D eigenvalue weighted by molar-refractivity contribution is 6.09. The molecule has 0 aliphatic carbocycles. The Bertz CT molecular complexity index is 807. The highest BCUT2D eigenvalue weighted by atomic mass is 16.6. The van der Waals surface area contributed by atoms with Gasteiger partial charge in [0.15, 0.2) is 11.5 Å². The van der Waals surface area contributed by atoms with Crippen molar-refractivity contribution in [3.05, 3.63) is 18.2 Å². The standard InChI is InChI=1S/C22H29N3O4/c1-15-18(23-8-2-3-9-23)7-11-24(15)21(26)17-6-10-25(22(17)27)16-4-5-19-20(14-16)29-13-12-28-19/h4-5,14-15,17-18H,2-3,6-13H2,1H3. The molecule has 3 atom stereocenters. The average Bonchev–Trinajstić information content (AvgIpc) is 3.47. The van der Waals surface area contributed by atoms with Crippen LogP contribution in [0.25, 0.3) is 0 Å². The van der Waals surface area contributed by atoms with Crippen LogP contribution in [0.1, 0.15) is 32.6 Å². The Morgan fingerprint density at radius 1 is 1.00 bits per heavy atom. The van der Waals surface area contributed by atoms with Gasteiger partial charge in [-0.05, 0) is 57.8 Å². The molecule has 1 aromatic rings. The molecular formula is C22H29N3O4. The smallest absolute Gasteiger partial charge is 0.239 e. The van der Waals surface area contributed by atoms with Crippen molar-refractivity contribution < 1.29 is 19.1 Å². The van der Waals surface area contributed by atoms with Crippen molar-refractivity contribution in [2.24, 2.45) is 5.92 Å². The number of amides is 2. The number of anilines is 1. The normalized spacial score (nSPS) is 29.7. The molecule has 7 nitrogen and oxygen atoms in total. The first-order chi connectivity index (χ1) is 14.1. The molecular weight excluding hydrogens is 370 g/mol. The molecule has 4 aliphatic rings. The van der Waals surface area contributed by atoms with Crippen molar-refractivity contribution in [1.29, 1.82) is 0 Å². The fraction of sp³-hybridized carbons (Fsp3) is 0.636. The summed E-state index contributed by atoms with van der Waals surface area (Å²) in [5, 5.41) is 0. The van der Waals surface area contributed by atoms with Gasteiger partial charge in [0.2, 0.25) is 11.8 Å². The minimum absolute atomic E-state index is 0.00393. The molecule has 0 saturated carbocycles. The van der Waals surface area contributed by atoms with Gasteiger partial charge in [0.05, 0.1) is 0 Å². The zero-order chi connectivity index (χ0) is 20.0. The number of nitrogens with zero attached hydrogens (tertiary/aromatic N) is 3. The van der Waals surface area contributed by atoms with E-state index in [1.165, 1.54) is 12.8 Å². The first kappa shape index (κ1) is 18.7. The number of carbonyl (C=O) groups excluding carboxylic acids is 2. The number of rotatable bonds is 3. The Labute approximate surface area is 171 Å². The Balaban J connectivity index is 1.28. The van der Waals surface area contributed by atoms with E-state index in [2.05, 4.69) is 11.8 Å². The molecule has 1 aromatic carbocycles. The van der Waals surface area contributed by atoms with E-state index in [0.29, 0.717) is 43.7 Å². The van der Waals surface area contributed by atoms with Crippen LogP contribution in [0.5, 0.6) is 11.5 Å². The lowest BCUT2D eigenvalue weighted by molar-refractivity contribution is -0.140. The van der Waals surface area contributed by atoms with Crippen molar-refractivity contribution >= 4 is 17.5 Å². The van der Waals surface area contributed by atoms with Gasteiger partial charge in [-0.2, -0.15) is 0 Å². The summed E-state index contributed by atoms with van der Waals surface area (Å²) in [6, 6.07) is 6.18. The molecule has 5 rings (SSSR count). The molecule has 0 N–H and O–H groups in total. The van der Waals surface area contributed by atoms with Crippen LogP contribution in [-0.2, 0) is 9.59 Å². The van der Waals surface area contributed by atoms with E-state index in [0.717, 1.165) is 31.7 Å². The quantitative estimate of drug-likeness (QED) is 0.727. The predicted molar refractivity (Wildman–Crippen MR) is 108 cm³/mol. The van der Waals surface area contributed by atoms with E-state index in [1.54, 1.807) is 4.90 Å². The largest absolute Gasteiger partial charge is 0.486 e. The fourth-order valence-corrected chi connectivity index (χ4v) is 5.36. The minimum atomic E-state index is -0.567. The molecule has 2 amide bonds. The number of carbonyl (C=O) groups is 2. The van der Waals surface area contributed by atoms with Gasteiger partial charge < -0.3 is 19.3 Å². The second kappa shape index (κ2) is 7.52. The van der Waals surface area contributed by atoms with Gasteiger partial charge in [-0.15, -0.1) is 0 Å². The van der Waals surface area contributed by atoms with Crippen molar-refractivity contribution in [1.82, 2.24) is 9.80 Å². The van der Waals surface area contributed by atoms with Crippen LogP contribution in [-0.4, -0.2) is 73.1 Å². The molecule has 0 aromatic heterocycles. The van der Waals surface area contributed by atoms with E-state index < -0.39 is 5.92 Å². The van der Waals surface area contributed by atoms with Crippen LogP contribution in [0.3, 0.4) is 0 Å². The highest BCUT2D eigenvalue weighted by Crippen LogP contribution is 2.37. The number of benzene rings is 1. The number of fused-ring (bicyclic) bond motifs is 1. The second-order valence-electron chi connectivity index (χ2n) is 8.53. The first-order valence-electron chi connectivity index (χ1n) is 10.9. The summed E-state index contributed by atoms with van der Waals surface area (Å²) in [6.45, 7) is 6.79. The van der Waals surface area contributed by atoms with E-state index >= 15 is 0 Å². The maximum atomic E-state index is 13.3. The predicted octanol–water partition coefficient (Wildman–Crippen LogP) is 1.90. The number of likely N-dealkylation sites (tertiary alicyclic amines) is 2. The summed E-state index contributed by atoms with van der Waals surface area (Å²) in [7, 11) is 0. The molecule has 0 bridgehead atoms. The van der Waals surface area contributed by atoms with Crippen LogP contribution in [0.4, 0.5) is 5.69 Å². The zero-order valence-electron chi connectivity index (χ0n) is 17.0. The lowest BCUT2D eigenvalue weighted by atomic mass is 10.1. The van der Waals surface area contributed by atoms with Crippen molar-refractivity contribution in [2.45, 2.75) is 44.7 Å². The van der Waals surface area contributed by atoms with Gasteiger partial charge in [-0.3, -0.25) is 14.5 Å². The van der Waals surface area contributed by atoms with Gasteiger partial charge in [0, 0.05) is 36.9 Å². The van der Waals surface area contributed by atoms with Crippen molar-refractivity contribution in [3.63, 3.8) is 0 Å². The molecule has 156 valence electrons. The monoisotopic (exact) mass is 399 g/mol. The molecule has 29 heavy (non-hydrogen) atoms. The summed E-state index contributed by atoms with van der Waals surface area (Å²) < 4.78 is 11.2. The van der Waals surface area contributed by atoms with E-state index in [4.69, 9.17) is 9.47 Å². The summed E-state index contributed by atoms with van der Waals surface area (Å²) in [6.07, 6.45) is 4.09. The van der Waals surface area contributed by atoms with Crippen LogP contribution >= 0.6 is 0 Å². The van der Waals surface area contributed by atoms with Crippen LogP contribution < -0.4 is 14.4 Å². The third kappa shape index (κ3) is 3.25. The Kier molecular flexibility index (Phi) is 4.86. The SMILES string of the molecule is CC1C(N2CCCC2)CCN1C(=O)C1CCN(c2ccc3c(c2)OCCO3)C1=O. The fourth-order valence-electron chi connectivity index (χ4n) is 5.36.